The molecule has 0 fully saturated rings. The Labute approximate surface area is 270 Å². The fourth-order valence-electron chi connectivity index (χ4n) is 4.85. The van der Waals surface area contributed by atoms with E-state index in [0.29, 0.717) is 16.3 Å². The molecule has 0 saturated heterocycles. The summed E-state index contributed by atoms with van der Waals surface area (Å²) in [5, 5.41) is 12.8. The molecule has 3 N–H and O–H groups in total. The third-order valence-corrected chi connectivity index (χ3v) is 9.21. The summed E-state index contributed by atoms with van der Waals surface area (Å²) in [5.74, 6) is -0.368. The van der Waals surface area contributed by atoms with Gasteiger partial charge in [-0.1, -0.05) is 18.5 Å². The molecule has 3 atom stereocenters. The van der Waals surface area contributed by atoms with Crippen LogP contribution >= 0.6 is 11.6 Å². The van der Waals surface area contributed by atoms with E-state index in [0.717, 1.165) is 24.3 Å². The Kier molecular flexibility index (Phi) is 10.7. The van der Waals surface area contributed by atoms with Gasteiger partial charge in [-0.3, -0.25) is 9.52 Å². The number of nitrogens with one attached hydrogen (secondary N) is 2. The molecule has 0 bridgehead atoms. The minimum absolute atomic E-state index is 0.0118. The Bertz CT molecular complexity index is 1660. The van der Waals surface area contributed by atoms with Crippen molar-refractivity contribution in [3.8, 4) is 5.75 Å². The molecular formula is C31H34ClF3N4O6S. The first kappa shape index (κ1) is 34.9. The monoisotopic (exact) mass is 682 g/mol. The Balaban J connectivity index is 1.58. The third-order valence-electron chi connectivity index (χ3n) is 7.56. The van der Waals surface area contributed by atoms with Crippen LogP contribution in [0.5, 0.6) is 5.75 Å². The first-order valence-corrected chi connectivity index (χ1v) is 16.1. The number of alkyl halides is 3. The molecule has 0 unspecified atom stereocenters. The lowest BCUT2D eigenvalue weighted by atomic mass is 10.0. The number of fused-ring (bicyclic) bond motifs is 1. The normalized spacial score (nSPS) is 17.9. The van der Waals surface area contributed by atoms with Gasteiger partial charge in [0.1, 0.15) is 11.9 Å². The van der Waals surface area contributed by atoms with Crippen LogP contribution in [0, 0.1) is 5.92 Å². The maximum absolute atomic E-state index is 13.5. The summed E-state index contributed by atoms with van der Waals surface area (Å²) in [5.41, 5.74) is -0.112. The van der Waals surface area contributed by atoms with Crippen LogP contribution in [-0.2, 0) is 27.4 Å². The molecule has 46 heavy (non-hydrogen) atoms. The van der Waals surface area contributed by atoms with Gasteiger partial charge in [0.25, 0.3) is 10.0 Å². The van der Waals surface area contributed by atoms with Crippen LogP contribution in [0.4, 0.5) is 29.3 Å². The number of sulfonamides is 1. The van der Waals surface area contributed by atoms with Crippen molar-refractivity contribution in [1.29, 1.82) is 0 Å². The summed E-state index contributed by atoms with van der Waals surface area (Å²) >= 11 is 5.89. The number of hydrogen-bond acceptors (Lipinski definition) is 6. The van der Waals surface area contributed by atoms with Gasteiger partial charge in [-0.25, -0.2) is 13.2 Å². The lowest BCUT2D eigenvalue weighted by Gasteiger charge is -2.34. The highest BCUT2D eigenvalue weighted by atomic mass is 35.5. The van der Waals surface area contributed by atoms with Gasteiger partial charge in [-0.15, -0.1) is 0 Å². The zero-order chi connectivity index (χ0) is 33.8. The SMILES string of the molecule is C[C@H](CO)N1C[C@H](C)[C@@H](CN(C)C(=O)Nc2ccc(C(F)(F)F)cc2)Oc2ccc(NS(=O)(=O)c3ccc(Cl)cc3)cc2CC1=O. The van der Waals surface area contributed by atoms with Crippen LogP contribution in [0.2, 0.25) is 5.02 Å². The largest absolute Gasteiger partial charge is 0.488 e. The minimum atomic E-state index is -4.51. The Morgan fingerprint density at radius 3 is 2.35 bits per heavy atom. The number of nitrogens with zero attached hydrogens (tertiary/aromatic N) is 2. The lowest BCUT2D eigenvalue weighted by Crippen LogP contribution is -2.48. The molecule has 248 valence electrons. The number of benzene rings is 3. The molecule has 0 saturated carbocycles. The second kappa shape index (κ2) is 14.2. The molecule has 1 aliphatic heterocycles. The van der Waals surface area contributed by atoms with Gasteiger partial charge in [-0.05, 0) is 73.7 Å². The molecule has 3 amide bonds. The number of carbonyl (C=O) groups excluding carboxylic acids is 2. The quantitative estimate of drug-likeness (QED) is 0.289. The van der Waals surface area contributed by atoms with Gasteiger partial charge in [0.2, 0.25) is 5.91 Å². The molecule has 0 aromatic heterocycles. The summed E-state index contributed by atoms with van der Waals surface area (Å²) < 4.78 is 73.6. The zero-order valence-electron chi connectivity index (χ0n) is 25.2. The zero-order valence-corrected chi connectivity index (χ0v) is 26.8. The van der Waals surface area contributed by atoms with Crippen LogP contribution in [0.15, 0.2) is 71.6 Å². The summed E-state index contributed by atoms with van der Waals surface area (Å²) in [6.07, 6.45) is -5.34. The number of likely N-dealkylation sites (N-methyl/N-ethyl adjacent to an activating group) is 1. The molecule has 3 aromatic rings. The first-order chi connectivity index (χ1) is 21.6. The summed E-state index contributed by atoms with van der Waals surface area (Å²) in [6.45, 7) is 3.43. The molecular weight excluding hydrogens is 649 g/mol. The maximum Gasteiger partial charge on any atom is 0.416 e. The van der Waals surface area contributed by atoms with E-state index in [9.17, 15) is 36.3 Å². The van der Waals surface area contributed by atoms with Gasteiger partial charge in [0, 0.05) is 41.5 Å². The number of halogens is 4. The highest BCUT2D eigenvalue weighted by Crippen LogP contribution is 2.31. The number of amides is 3. The Morgan fingerprint density at radius 1 is 1.11 bits per heavy atom. The van der Waals surface area contributed by atoms with Gasteiger partial charge >= 0.3 is 12.2 Å². The molecule has 15 heteroatoms. The van der Waals surface area contributed by atoms with Crippen molar-refractivity contribution in [2.75, 3.05) is 36.8 Å². The number of hydrogen-bond donors (Lipinski definition) is 3. The topological polar surface area (TPSA) is 128 Å². The fourth-order valence-corrected chi connectivity index (χ4v) is 6.03. The van der Waals surface area contributed by atoms with Crippen molar-refractivity contribution in [1.82, 2.24) is 9.80 Å². The highest BCUT2D eigenvalue weighted by Gasteiger charge is 2.33. The molecule has 10 nitrogen and oxygen atoms in total. The van der Waals surface area contributed by atoms with Crippen molar-refractivity contribution in [2.45, 2.75) is 43.5 Å². The Hall–Kier alpha value is -4.01. The van der Waals surface area contributed by atoms with Crippen LogP contribution in [0.3, 0.4) is 0 Å². The van der Waals surface area contributed by atoms with Crippen molar-refractivity contribution < 1.29 is 41.0 Å². The van der Waals surface area contributed by atoms with E-state index in [-0.39, 0.29) is 54.2 Å². The van der Waals surface area contributed by atoms with Crippen LogP contribution < -0.4 is 14.8 Å². The third kappa shape index (κ3) is 8.62. The van der Waals surface area contributed by atoms with Crippen LogP contribution in [-0.4, -0.2) is 74.2 Å². The molecule has 3 aromatic carbocycles. The van der Waals surface area contributed by atoms with Crippen molar-refractivity contribution in [3.05, 3.63) is 82.9 Å². The predicted molar refractivity (Wildman–Crippen MR) is 167 cm³/mol. The van der Waals surface area contributed by atoms with Crippen molar-refractivity contribution >= 4 is 44.9 Å². The number of aliphatic hydroxyl groups is 1. The molecule has 0 radical (unpaired) electrons. The average molecular weight is 683 g/mol. The number of aliphatic hydroxyl groups excluding tert-OH is 1. The van der Waals surface area contributed by atoms with Crippen LogP contribution in [0.1, 0.15) is 25.0 Å². The lowest BCUT2D eigenvalue weighted by molar-refractivity contribution is -0.137. The number of rotatable bonds is 8. The average Bonchev–Trinajstić information content (AvgIpc) is 3.04. The fraction of sp³-hybridized carbons (Fsp3) is 0.355. The minimum Gasteiger partial charge on any atom is -0.488 e. The van der Waals surface area contributed by atoms with E-state index < -0.39 is 39.9 Å². The van der Waals surface area contributed by atoms with Gasteiger partial charge in [0.15, 0.2) is 0 Å². The van der Waals surface area contributed by atoms with Crippen LogP contribution in [0.25, 0.3) is 0 Å². The number of anilines is 2. The standard InChI is InChI=1S/C31H34ClF3N4O6S/c1-19-16-39(20(2)18-40)29(41)15-21-14-25(37-46(43,44)26-11-6-23(32)7-12-26)10-13-27(21)45-28(19)17-38(3)30(42)36-24-8-4-22(5-9-24)31(33,34)35/h4-14,19-20,28,37,40H,15-18H2,1-3H3,(H,36,42)/t19-,20+,28+/m0/s1. The second-order valence-electron chi connectivity index (χ2n) is 11.2. The van der Waals surface area contributed by atoms with E-state index in [1.807, 2.05) is 6.92 Å². The van der Waals surface area contributed by atoms with E-state index in [2.05, 4.69) is 10.0 Å². The van der Waals surface area contributed by atoms with E-state index in [1.165, 1.54) is 59.3 Å². The summed E-state index contributed by atoms with van der Waals surface area (Å²) in [4.78, 5) is 29.3. The first-order valence-electron chi connectivity index (χ1n) is 14.2. The molecule has 0 aliphatic carbocycles. The van der Waals surface area contributed by atoms with Crippen molar-refractivity contribution in [3.63, 3.8) is 0 Å². The number of ether oxygens (including phenoxy) is 1. The van der Waals surface area contributed by atoms with Crippen molar-refractivity contribution in [2.24, 2.45) is 5.92 Å². The van der Waals surface area contributed by atoms with Gasteiger partial charge < -0.3 is 25.0 Å². The molecule has 1 aliphatic rings. The smallest absolute Gasteiger partial charge is 0.416 e. The summed E-state index contributed by atoms with van der Waals surface area (Å²) in [6, 6.07) is 13.1. The summed E-state index contributed by atoms with van der Waals surface area (Å²) in [7, 11) is -2.49. The van der Waals surface area contributed by atoms with Gasteiger partial charge in [0.05, 0.1) is 36.1 Å². The highest BCUT2D eigenvalue weighted by molar-refractivity contribution is 7.92. The molecule has 1 heterocycles. The van der Waals surface area contributed by atoms with E-state index in [1.54, 1.807) is 6.92 Å². The van der Waals surface area contributed by atoms with E-state index in [4.69, 9.17) is 16.3 Å². The van der Waals surface area contributed by atoms with E-state index >= 15 is 0 Å². The predicted octanol–water partition coefficient (Wildman–Crippen LogP) is 5.47. The number of carbonyl (C=O) groups is 2. The molecule has 4 rings (SSSR count). The number of urea groups is 1. The second-order valence-corrected chi connectivity index (χ2v) is 13.3. The maximum atomic E-state index is 13.5. The Morgan fingerprint density at radius 2 is 1.74 bits per heavy atom. The molecule has 0 spiro atoms. The van der Waals surface area contributed by atoms with Gasteiger partial charge in [-0.2, -0.15) is 13.2 Å².